The molecule has 0 unspecified atom stereocenters. The van der Waals surface area contributed by atoms with E-state index in [0.29, 0.717) is 24.4 Å². The van der Waals surface area contributed by atoms with Gasteiger partial charge >= 0.3 is 5.97 Å². The zero-order valence-electron chi connectivity index (χ0n) is 16.4. The van der Waals surface area contributed by atoms with Crippen LogP contribution in [0.15, 0.2) is 42.5 Å². The zero-order chi connectivity index (χ0) is 20.1. The number of carboxylic acids is 1. The lowest BCUT2D eigenvalue weighted by molar-refractivity contribution is -0.147. The minimum Gasteiger partial charge on any atom is -0.490 e. The summed E-state index contributed by atoms with van der Waals surface area (Å²) in [5.41, 5.74) is 4.15. The first-order chi connectivity index (χ1) is 13.4. The van der Waals surface area contributed by atoms with Crippen molar-refractivity contribution in [2.24, 2.45) is 5.92 Å². The topological polar surface area (TPSA) is 73.6 Å². The molecular formula is C23H26N2O3. The zero-order valence-corrected chi connectivity index (χ0v) is 16.4. The maximum Gasteiger partial charge on any atom is 0.309 e. The van der Waals surface area contributed by atoms with Crippen molar-refractivity contribution >= 4 is 5.97 Å². The monoisotopic (exact) mass is 378 g/mol. The van der Waals surface area contributed by atoms with Crippen LogP contribution in [0.25, 0.3) is 0 Å². The van der Waals surface area contributed by atoms with Gasteiger partial charge in [0.05, 0.1) is 17.6 Å². The molecule has 5 heteroatoms. The minimum absolute atomic E-state index is 0.0442. The van der Waals surface area contributed by atoms with Crippen molar-refractivity contribution in [1.29, 1.82) is 5.26 Å². The fraction of sp³-hybridized carbons (Fsp3) is 0.391. The summed E-state index contributed by atoms with van der Waals surface area (Å²) < 4.78 is 5.67. The molecule has 0 aromatic heterocycles. The van der Waals surface area contributed by atoms with Crippen molar-refractivity contribution < 1.29 is 14.6 Å². The van der Waals surface area contributed by atoms with Gasteiger partial charge in [-0.2, -0.15) is 5.26 Å². The van der Waals surface area contributed by atoms with Crippen LogP contribution in [0.2, 0.25) is 0 Å². The first kappa shape index (κ1) is 19.9. The Bertz CT molecular complexity index is 862. The molecule has 5 nitrogen and oxygen atoms in total. The van der Waals surface area contributed by atoms with Gasteiger partial charge in [-0.3, -0.25) is 9.69 Å². The standard InChI is InChI=1S/C23H26N2O3/c1-16(2)28-22-10-9-18(11-20(22)12-24)6-3-17-4-7-19(8-5-17)13-25-14-21(15-25)23(26)27/h4-5,7-11,16,21H,3,6,13-15H2,1-2H3,(H,26,27). The lowest BCUT2D eigenvalue weighted by atomic mass is 9.98. The average molecular weight is 378 g/mol. The number of rotatable bonds is 8. The molecule has 0 bridgehead atoms. The Morgan fingerprint density at radius 2 is 1.75 bits per heavy atom. The minimum atomic E-state index is -0.699. The molecule has 1 aliphatic rings. The molecule has 1 aliphatic heterocycles. The van der Waals surface area contributed by atoms with Crippen molar-refractivity contribution in [2.45, 2.75) is 39.3 Å². The number of likely N-dealkylation sites (tertiary alicyclic amines) is 1. The van der Waals surface area contributed by atoms with E-state index in [1.165, 1.54) is 11.1 Å². The van der Waals surface area contributed by atoms with E-state index < -0.39 is 5.97 Å². The number of benzene rings is 2. The van der Waals surface area contributed by atoms with Crippen LogP contribution in [0.4, 0.5) is 0 Å². The highest BCUT2D eigenvalue weighted by Crippen LogP contribution is 2.22. The molecule has 0 amide bonds. The van der Waals surface area contributed by atoms with Crippen molar-refractivity contribution in [3.63, 3.8) is 0 Å². The van der Waals surface area contributed by atoms with Gasteiger partial charge in [-0.05, 0) is 55.5 Å². The Kier molecular flexibility index (Phi) is 6.33. The van der Waals surface area contributed by atoms with Crippen LogP contribution < -0.4 is 4.74 Å². The second-order valence-corrected chi connectivity index (χ2v) is 7.65. The summed E-state index contributed by atoms with van der Waals surface area (Å²) in [5.74, 6) is -0.272. The van der Waals surface area contributed by atoms with Crippen LogP contribution >= 0.6 is 0 Å². The molecule has 146 valence electrons. The molecule has 0 saturated carbocycles. The summed E-state index contributed by atoms with van der Waals surface area (Å²) in [5, 5.41) is 18.3. The van der Waals surface area contributed by atoms with E-state index in [9.17, 15) is 10.1 Å². The molecule has 1 fully saturated rings. The molecule has 0 spiro atoms. The average Bonchev–Trinajstić information content (AvgIpc) is 2.63. The van der Waals surface area contributed by atoms with Crippen molar-refractivity contribution in [3.05, 3.63) is 64.7 Å². The Hall–Kier alpha value is -2.84. The van der Waals surface area contributed by atoms with Gasteiger partial charge in [0.1, 0.15) is 11.8 Å². The number of carbonyl (C=O) groups is 1. The number of nitrogens with zero attached hydrogens (tertiary/aromatic N) is 2. The highest BCUT2D eigenvalue weighted by molar-refractivity contribution is 5.71. The van der Waals surface area contributed by atoms with Crippen LogP contribution in [0.3, 0.4) is 0 Å². The molecule has 0 radical (unpaired) electrons. The number of aliphatic carboxylic acids is 1. The molecule has 1 saturated heterocycles. The van der Waals surface area contributed by atoms with Crippen molar-refractivity contribution in [3.8, 4) is 11.8 Å². The second-order valence-electron chi connectivity index (χ2n) is 7.65. The van der Waals surface area contributed by atoms with E-state index in [1.54, 1.807) is 0 Å². The van der Waals surface area contributed by atoms with Gasteiger partial charge in [0, 0.05) is 19.6 Å². The van der Waals surface area contributed by atoms with Crippen LogP contribution in [-0.2, 0) is 24.2 Å². The predicted molar refractivity (Wildman–Crippen MR) is 107 cm³/mol. The third-order valence-electron chi connectivity index (χ3n) is 4.97. The third kappa shape index (κ3) is 5.11. The second kappa shape index (κ2) is 8.90. The van der Waals surface area contributed by atoms with Crippen LogP contribution in [0.1, 0.15) is 36.1 Å². The van der Waals surface area contributed by atoms with E-state index in [1.807, 2.05) is 32.0 Å². The highest BCUT2D eigenvalue weighted by atomic mass is 16.5. The van der Waals surface area contributed by atoms with E-state index in [-0.39, 0.29) is 12.0 Å². The maximum atomic E-state index is 10.9. The lowest BCUT2D eigenvalue weighted by Crippen LogP contribution is -2.49. The molecule has 3 rings (SSSR count). The Morgan fingerprint density at radius 1 is 1.14 bits per heavy atom. The largest absolute Gasteiger partial charge is 0.490 e. The quantitative estimate of drug-likeness (QED) is 0.759. The normalized spacial score (nSPS) is 14.5. The molecule has 28 heavy (non-hydrogen) atoms. The van der Waals surface area contributed by atoms with Gasteiger partial charge in [-0.25, -0.2) is 0 Å². The Labute approximate surface area is 166 Å². The van der Waals surface area contributed by atoms with Crippen LogP contribution in [0, 0.1) is 17.2 Å². The van der Waals surface area contributed by atoms with Gasteiger partial charge in [0.2, 0.25) is 0 Å². The predicted octanol–water partition coefficient (Wildman–Crippen LogP) is 3.65. The first-order valence-electron chi connectivity index (χ1n) is 9.67. The summed E-state index contributed by atoms with van der Waals surface area (Å²) >= 11 is 0. The Balaban J connectivity index is 1.52. The fourth-order valence-corrected chi connectivity index (χ4v) is 3.39. The summed E-state index contributed by atoms with van der Waals surface area (Å²) in [6.07, 6.45) is 1.81. The number of hydrogen-bond donors (Lipinski definition) is 1. The van der Waals surface area contributed by atoms with Gasteiger partial charge in [-0.15, -0.1) is 0 Å². The molecule has 1 heterocycles. The summed E-state index contributed by atoms with van der Waals surface area (Å²) in [6, 6.07) is 16.5. The molecular weight excluding hydrogens is 352 g/mol. The van der Waals surface area contributed by atoms with Crippen molar-refractivity contribution in [2.75, 3.05) is 13.1 Å². The fourth-order valence-electron chi connectivity index (χ4n) is 3.39. The van der Waals surface area contributed by atoms with E-state index in [2.05, 4.69) is 35.2 Å². The number of hydrogen-bond acceptors (Lipinski definition) is 4. The molecule has 1 N–H and O–H groups in total. The van der Waals surface area contributed by atoms with Gasteiger partial charge in [-0.1, -0.05) is 30.3 Å². The molecule has 0 aliphatic carbocycles. The molecule has 2 aromatic rings. The molecule has 0 atom stereocenters. The van der Waals surface area contributed by atoms with Crippen LogP contribution in [0.5, 0.6) is 5.75 Å². The van der Waals surface area contributed by atoms with E-state index in [4.69, 9.17) is 9.84 Å². The van der Waals surface area contributed by atoms with E-state index >= 15 is 0 Å². The summed E-state index contributed by atoms with van der Waals surface area (Å²) in [6.45, 7) is 5.97. The lowest BCUT2D eigenvalue weighted by Gasteiger charge is -2.36. The summed E-state index contributed by atoms with van der Waals surface area (Å²) in [4.78, 5) is 13.0. The SMILES string of the molecule is CC(C)Oc1ccc(CCc2ccc(CN3CC(C(=O)O)C3)cc2)cc1C#N. The Morgan fingerprint density at radius 3 is 2.36 bits per heavy atom. The number of nitriles is 1. The smallest absolute Gasteiger partial charge is 0.309 e. The van der Waals surface area contributed by atoms with E-state index in [0.717, 1.165) is 24.9 Å². The number of ether oxygens (including phenoxy) is 1. The van der Waals surface area contributed by atoms with Crippen LogP contribution in [-0.4, -0.2) is 35.2 Å². The first-order valence-corrected chi connectivity index (χ1v) is 9.67. The highest BCUT2D eigenvalue weighted by Gasteiger charge is 2.32. The summed E-state index contributed by atoms with van der Waals surface area (Å²) in [7, 11) is 0. The third-order valence-corrected chi connectivity index (χ3v) is 4.97. The number of aryl methyl sites for hydroxylation is 2. The maximum absolute atomic E-state index is 10.9. The van der Waals surface area contributed by atoms with Crippen molar-refractivity contribution in [1.82, 2.24) is 4.90 Å². The van der Waals surface area contributed by atoms with Gasteiger partial charge < -0.3 is 9.84 Å². The van der Waals surface area contributed by atoms with Gasteiger partial charge in [0.25, 0.3) is 0 Å². The van der Waals surface area contributed by atoms with Gasteiger partial charge in [0.15, 0.2) is 0 Å². The molecule has 2 aromatic carbocycles. The number of carboxylic acid groups (broad SMARTS) is 1.